The van der Waals surface area contributed by atoms with E-state index in [0.717, 1.165) is 43.2 Å². The number of hydrogen-bond donors (Lipinski definition) is 2. The maximum atomic E-state index is 14.4. The van der Waals surface area contributed by atoms with Crippen molar-refractivity contribution in [2.24, 2.45) is 0 Å². The van der Waals surface area contributed by atoms with Gasteiger partial charge >= 0.3 is 0 Å². The molecule has 0 fully saturated rings. The third-order valence-corrected chi connectivity index (χ3v) is 6.27. The second-order valence-electron chi connectivity index (χ2n) is 7.63. The Morgan fingerprint density at radius 3 is 2.89 bits per heavy atom. The minimum Gasteiger partial charge on any atom is -0.356 e. The molecule has 0 bridgehead atoms. The van der Waals surface area contributed by atoms with Crippen molar-refractivity contribution >= 4 is 26.8 Å². The van der Waals surface area contributed by atoms with E-state index >= 15 is 0 Å². The van der Waals surface area contributed by atoms with Crippen LogP contribution >= 0.6 is 15.9 Å². The van der Waals surface area contributed by atoms with Crippen LogP contribution in [0.2, 0.25) is 0 Å². The maximum absolute atomic E-state index is 14.4. The number of aromatic nitrogens is 2. The molecule has 0 amide bonds. The third-order valence-electron chi connectivity index (χ3n) is 5.69. The predicted molar refractivity (Wildman–Crippen MR) is 111 cm³/mol. The van der Waals surface area contributed by atoms with E-state index in [4.69, 9.17) is 0 Å². The van der Waals surface area contributed by atoms with Crippen LogP contribution in [0.25, 0.3) is 10.9 Å². The fraction of sp³-hybridized carbons (Fsp3) is 0.409. The van der Waals surface area contributed by atoms with Gasteiger partial charge in [-0.2, -0.15) is 0 Å². The average molecular weight is 430 g/mol. The fourth-order valence-electron chi connectivity index (χ4n) is 4.49. The van der Waals surface area contributed by atoms with Crippen LogP contribution in [0.5, 0.6) is 0 Å². The number of aromatic amines is 1. The normalized spacial score (nSPS) is 22.1. The zero-order valence-corrected chi connectivity index (χ0v) is 17.4. The summed E-state index contributed by atoms with van der Waals surface area (Å²) >= 11 is 3.19. The maximum Gasteiger partial charge on any atom is 0.156 e. The lowest BCUT2D eigenvalue weighted by Crippen LogP contribution is -2.52. The van der Waals surface area contributed by atoms with Gasteiger partial charge in [0.1, 0.15) is 4.60 Å². The molecule has 5 heteroatoms. The van der Waals surface area contributed by atoms with Crippen molar-refractivity contribution in [3.05, 3.63) is 63.8 Å². The Kier molecular flexibility index (Phi) is 5.08. The first-order valence-corrected chi connectivity index (χ1v) is 10.5. The minimum atomic E-state index is -0.449. The highest BCUT2D eigenvalue weighted by molar-refractivity contribution is 9.10. The molecular formula is C22H25BrFN3. The Morgan fingerprint density at radius 2 is 2.11 bits per heavy atom. The zero-order valence-electron chi connectivity index (χ0n) is 15.8. The van der Waals surface area contributed by atoms with Crippen molar-refractivity contribution in [2.45, 2.75) is 57.5 Å². The standard InChI is InChI=1S/C22H25BrFN3/c1-3-4-7-10-22(15-12-18(24)21(23)25-13-15)20-17(11-14(2)27-22)16-8-5-6-9-19(16)26-20/h5-6,8-9,12-14,26-27H,3-4,7,10-11H2,1-2H3. The number of halogens is 2. The molecule has 3 nitrogen and oxygen atoms in total. The molecule has 1 aliphatic rings. The molecule has 4 rings (SSSR count). The summed E-state index contributed by atoms with van der Waals surface area (Å²) in [5, 5.41) is 5.09. The molecule has 1 aliphatic heterocycles. The van der Waals surface area contributed by atoms with Gasteiger partial charge in [0.15, 0.2) is 5.82 Å². The molecule has 2 N–H and O–H groups in total. The lowest BCUT2D eigenvalue weighted by molar-refractivity contribution is 0.290. The van der Waals surface area contributed by atoms with Crippen molar-refractivity contribution in [3.8, 4) is 0 Å². The summed E-state index contributed by atoms with van der Waals surface area (Å²) in [5.41, 5.74) is 4.09. The van der Waals surface area contributed by atoms with Gasteiger partial charge in [-0.15, -0.1) is 0 Å². The monoisotopic (exact) mass is 429 g/mol. The Morgan fingerprint density at radius 1 is 1.30 bits per heavy atom. The quantitative estimate of drug-likeness (QED) is 0.396. The van der Waals surface area contributed by atoms with Crippen molar-refractivity contribution in [2.75, 3.05) is 0 Å². The molecular weight excluding hydrogens is 405 g/mol. The Bertz CT molecular complexity index is 967. The number of nitrogens with one attached hydrogen (secondary N) is 2. The first-order valence-electron chi connectivity index (χ1n) is 9.74. The summed E-state index contributed by atoms with van der Waals surface area (Å²) in [6.45, 7) is 4.42. The third kappa shape index (κ3) is 3.21. The summed E-state index contributed by atoms with van der Waals surface area (Å²) in [4.78, 5) is 7.93. The number of rotatable bonds is 5. The van der Waals surface area contributed by atoms with Gasteiger partial charge in [0.25, 0.3) is 0 Å². The Labute approximate surface area is 167 Å². The van der Waals surface area contributed by atoms with E-state index in [9.17, 15) is 4.39 Å². The smallest absolute Gasteiger partial charge is 0.156 e. The van der Waals surface area contributed by atoms with E-state index in [1.807, 2.05) is 0 Å². The number of para-hydroxylation sites is 1. The number of H-pyrrole nitrogens is 1. The molecule has 3 aromatic rings. The number of fused-ring (bicyclic) bond motifs is 3. The number of nitrogens with zero attached hydrogens (tertiary/aromatic N) is 1. The number of unbranched alkanes of at least 4 members (excludes halogenated alkanes) is 2. The molecule has 1 aromatic carbocycles. The van der Waals surface area contributed by atoms with Crippen LogP contribution in [-0.2, 0) is 12.0 Å². The molecule has 2 unspecified atom stereocenters. The highest BCUT2D eigenvalue weighted by Crippen LogP contribution is 2.43. The highest BCUT2D eigenvalue weighted by atomic mass is 79.9. The van der Waals surface area contributed by atoms with Crippen LogP contribution in [-0.4, -0.2) is 16.0 Å². The second kappa shape index (κ2) is 7.36. The fourth-order valence-corrected chi connectivity index (χ4v) is 4.71. The highest BCUT2D eigenvalue weighted by Gasteiger charge is 2.42. The first kappa shape index (κ1) is 18.6. The summed E-state index contributed by atoms with van der Waals surface area (Å²) in [6, 6.07) is 10.4. The summed E-state index contributed by atoms with van der Waals surface area (Å²) < 4.78 is 14.7. The molecule has 3 heterocycles. The van der Waals surface area contributed by atoms with Gasteiger partial charge in [-0.3, -0.25) is 5.32 Å². The zero-order chi connectivity index (χ0) is 19.0. The Hall–Kier alpha value is -1.72. The molecule has 0 spiro atoms. The molecule has 0 saturated carbocycles. The topological polar surface area (TPSA) is 40.7 Å². The second-order valence-corrected chi connectivity index (χ2v) is 8.38. The first-order chi connectivity index (χ1) is 13.0. The molecule has 142 valence electrons. The minimum absolute atomic E-state index is 0.260. The lowest BCUT2D eigenvalue weighted by atomic mass is 9.76. The number of hydrogen-bond acceptors (Lipinski definition) is 2. The number of benzene rings is 1. The van der Waals surface area contributed by atoms with E-state index in [-0.39, 0.29) is 10.4 Å². The molecule has 27 heavy (non-hydrogen) atoms. The Balaban J connectivity index is 1.94. The van der Waals surface area contributed by atoms with E-state index < -0.39 is 5.54 Å². The van der Waals surface area contributed by atoms with Crippen LogP contribution in [0.4, 0.5) is 4.39 Å². The molecule has 2 atom stereocenters. The van der Waals surface area contributed by atoms with Crippen LogP contribution in [0.15, 0.2) is 41.1 Å². The van der Waals surface area contributed by atoms with E-state index in [0.29, 0.717) is 6.04 Å². The van der Waals surface area contributed by atoms with Gasteiger partial charge in [0.05, 0.1) is 5.54 Å². The van der Waals surface area contributed by atoms with Crippen LogP contribution in [0, 0.1) is 5.82 Å². The summed E-state index contributed by atoms with van der Waals surface area (Å²) in [7, 11) is 0. The summed E-state index contributed by atoms with van der Waals surface area (Å²) in [5.74, 6) is -0.319. The van der Waals surface area contributed by atoms with E-state index in [2.05, 4.69) is 69.3 Å². The van der Waals surface area contributed by atoms with Crippen molar-refractivity contribution in [1.82, 2.24) is 15.3 Å². The largest absolute Gasteiger partial charge is 0.356 e. The molecule has 2 aromatic heterocycles. The average Bonchev–Trinajstić information content (AvgIpc) is 3.03. The molecule has 0 saturated heterocycles. The van der Waals surface area contributed by atoms with Gasteiger partial charge in [-0.25, -0.2) is 9.37 Å². The number of pyridine rings is 1. The van der Waals surface area contributed by atoms with Crippen LogP contribution < -0.4 is 5.32 Å². The molecule has 0 aliphatic carbocycles. The van der Waals surface area contributed by atoms with Crippen LogP contribution in [0.1, 0.15) is 56.4 Å². The van der Waals surface area contributed by atoms with Gasteiger partial charge in [0.2, 0.25) is 0 Å². The van der Waals surface area contributed by atoms with E-state index in [1.54, 1.807) is 12.3 Å². The lowest BCUT2D eigenvalue weighted by Gasteiger charge is -2.42. The predicted octanol–water partition coefficient (Wildman–Crippen LogP) is 5.82. The SMILES string of the molecule is CCCCCC1(c2cnc(Br)c(F)c2)NC(C)Cc2c1[nH]c1ccccc21. The van der Waals surface area contributed by atoms with Gasteiger partial charge in [-0.05, 0) is 59.0 Å². The summed E-state index contributed by atoms with van der Waals surface area (Å²) in [6.07, 6.45) is 7.05. The van der Waals surface area contributed by atoms with Gasteiger partial charge in [-0.1, -0.05) is 44.4 Å². The van der Waals surface area contributed by atoms with Crippen molar-refractivity contribution in [1.29, 1.82) is 0 Å². The van der Waals surface area contributed by atoms with Crippen LogP contribution in [0.3, 0.4) is 0 Å². The van der Waals surface area contributed by atoms with Crippen molar-refractivity contribution < 1.29 is 4.39 Å². The van der Waals surface area contributed by atoms with Gasteiger partial charge in [0, 0.05) is 28.8 Å². The van der Waals surface area contributed by atoms with Gasteiger partial charge < -0.3 is 4.98 Å². The molecule has 0 radical (unpaired) electrons. The van der Waals surface area contributed by atoms with Crippen molar-refractivity contribution in [3.63, 3.8) is 0 Å². The van der Waals surface area contributed by atoms with E-state index in [1.165, 1.54) is 16.6 Å².